The molecule has 0 radical (unpaired) electrons. The summed E-state index contributed by atoms with van der Waals surface area (Å²) in [4.78, 5) is 13.0. The monoisotopic (exact) mass is 402 g/mol. The summed E-state index contributed by atoms with van der Waals surface area (Å²) in [7, 11) is 0. The number of fused-ring (bicyclic) bond motifs is 2. The summed E-state index contributed by atoms with van der Waals surface area (Å²) >= 11 is 0. The number of nitrogens with one attached hydrogen (secondary N) is 2. The van der Waals surface area contributed by atoms with Gasteiger partial charge in [-0.15, -0.1) is 5.53 Å². The highest BCUT2D eigenvalue weighted by Crippen LogP contribution is 2.29. The first kappa shape index (κ1) is 17.4. The van der Waals surface area contributed by atoms with E-state index >= 15 is 0 Å². The molecule has 10 nitrogen and oxygen atoms in total. The lowest BCUT2D eigenvalue weighted by molar-refractivity contribution is -0.142. The van der Waals surface area contributed by atoms with Crippen molar-refractivity contribution >= 4 is 17.3 Å². The van der Waals surface area contributed by atoms with Gasteiger partial charge in [-0.2, -0.15) is 23.4 Å². The number of alkyl halides is 3. The highest BCUT2D eigenvalue weighted by Gasteiger charge is 2.29. The van der Waals surface area contributed by atoms with Gasteiger partial charge in [-0.05, 0) is 12.1 Å². The topological polar surface area (TPSA) is 101 Å². The van der Waals surface area contributed by atoms with E-state index in [4.69, 9.17) is 0 Å². The van der Waals surface area contributed by atoms with Crippen LogP contribution in [0.15, 0.2) is 43.1 Å². The molecule has 0 fully saturated rings. The van der Waals surface area contributed by atoms with Crippen LogP contribution in [0.5, 0.6) is 0 Å². The maximum Gasteiger partial charge on any atom is 0.408 e. The second-order valence-electron chi connectivity index (χ2n) is 6.35. The molecule has 4 aromatic rings. The minimum absolute atomic E-state index is 0.375. The molecule has 5 rings (SSSR count). The second kappa shape index (κ2) is 6.41. The summed E-state index contributed by atoms with van der Waals surface area (Å²) in [5, 5.41) is 9.92. The smallest absolute Gasteiger partial charge is 0.285 e. The summed E-state index contributed by atoms with van der Waals surface area (Å²) in [5.41, 5.74) is 8.19. The summed E-state index contributed by atoms with van der Waals surface area (Å²) in [5.74, 6) is 0.999. The van der Waals surface area contributed by atoms with Crippen molar-refractivity contribution in [3.05, 3.63) is 48.8 Å². The maximum atomic E-state index is 12.5. The van der Waals surface area contributed by atoms with Crippen LogP contribution in [0.25, 0.3) is 16.9 Å². The normalized spacial score (nSPS) is 13.7. The van der Waals surface area contributed by atoms with Gasteiger partial charge in [0, 0.05) is 24.2 Å². The Morgan fingerprint density at radius 3 is 2.86 bits per heavy atom. The van der Waals surface area contributed by atoms with Crippen LogP contribution in [-0.2, 0) is 13.1 Å². The quantitative estimate of drug-likeness (QED) is 0.533. The van der Waals surface area contributed by atoms with Crippen molar-refractivity contribution in [1.29, 1.82) is 0 Å². The van der Waals surface area contributed by atoms with Crippen LogP contribution < -0.4 is 16.0 Å². The van der Waals surface area contributed by atoms with Gasteiger partial charge in [0.2, 0.25) is 0 Å². The molecule has 148 valence electrons. The van der Waals surface area contributed by atoms with E-state index in [0.29, 0.717) is 29.4 Å². The zero-order valence-corrected chi connectivity index (χ0v) is 14.7. The standard InChI is InChI=1S/C16H13F3N10/c17-16(18,19)9-27-7-10(5-22-27)12-6-21-14-15(23-12)29(26-24-14)8-11-1-2-13-20-3-4-28(13)25-11/h1-7,26H,8-9H2,(H,21,24). The first-order chi connectivity index (χ1) is 13.9. The maximum absolute atomic E-state index is 12.5. The van der Waals surface area contributed by atoms with Crippen LogP contribution in [0.4, 0.5) is 24.8 Å². The van der Waals surface area contributed by atoms with E-state index in [1.54, 1.807) is 21.9 Å². The number of hydrogen-bond donors (Lipinski definition) is 2. The third-order valence-corrected chi connectivity index (χ3v) is 4.22. The summed E-state index contributed by atoms with van der Waals surface area (Å²) in [6, 6.07) is 3.70. The van der Waals surface area contributed by atoms with Gasteiger partial charge in [-0.1, -0.05) is 0 Å². The molecule has 1 aliphatic rings. The van der Waals surface area contributed by atoms with E-state index in [1.807, 2.05) is 12.1 Å². The largest absolute Gasteiger partial charge is 0.408 e. The van der Waals surface area contributed by atoms with E-state index < -0.39 is 12.7 Å². The first-order valence-corrected chi connectivity index (χ1v) is 8.50. The predicted molar refractivity (Wildman–Crippen MR) is 95.2 cm³/mol. The molecule has 0 saturated heterocycles. The molecular weight excluding hydrogens is 389 g/mol. The number of anilines is 2. The van der Waals surface area contributed by atoms with Crippen LogP contribution in [0, 0.1) is 0 Å². The van der Waals surface area contributed by atoms with Gasteiger partial charge in [0.1, 0.15) is 6.54 Å². The number of rotatable bonds is 4. The van der Waals surface area contributed by atoms with E-state index in [-0.39, 0.29) is 0 Å². The zero-order valence-electron chi connectivity index (χ0n) is 14.7. The van der Waals surface area contributed by atoms with Crippen molar-refractivity contribution in [2.24, 2.45) is 0 Å². The molecule has 0 saturated carbocycles. The van der Waals surface area contributed by atoms with E-state index in [0.717, 1.165) is 16.0 Å². The summed E-state index contributed by atoms with van der Waals surface area (Å²) in [6.45, 7) is -0.789. The van der Waals surface area contributed by atoms with Crippen molar-refractivity contribution in [1.82, 2.24) is 39.9 Å². The second-order valence-corrected chi connectivity index (χ2v) is 6.35. The first-order valence-electron chi connectivity index (χ1n) is 8.50. The highest BCUT2D eigenvalue weighted by atomic mass is 19.4. The number of nitrogens with zero attached hydrogens (tertiary/aromatic N) is 8. The molecule has 0 spiro atoms. The molecule has 29 heavy (non-hydrogen) atoms. The minimum atomic E-state index is -4.35. The van der Waals surface area contributed by atoms with Crippen LogP contribution >= 0.6 is 0 Å². The fourth-order valence-corrected chi connectivity index (χ4v) is 2.95. The number of aromatic nitrogens is 7. The fraction of sp³-hybridized carbons (Fsp3) is 0.188. The third-order valence-electron chi connectivity index (χ3n) is 4.22. The molecule has 4 aromatic heterocycles. The Kier molecular flexibility index (Phi) is 3.84. The van der Waals surface area contributed by atoms with Crippen molar-refractivity contribution in [2.45, 2.75) is 19.3 Å². The number of hydrazine groups is 2. The molecule has 1 aliphatic heterocycles. The average molecular weight is 402 g/mol. The Labute approximate surface area is 161 Å². The molecule has 0 atom stereocenters. The minimum Gasteiger partial charge on any atom is -0.285 e. The zero-order chi connectivity index (χ0) is 20.0. The van der Waals surface area contributed by atoms with Crippen molar-refractivity contribution in [3.63, 3.8) is 0 Å². The van der Waals surface area contributed by atoms with Crippen LogP contribution in [-0.4, -0.2) is 40.5 Å². The Morgan fingerprint density at radius 2 is 2.00 bits per heavy atom. The van der Waals surface area contributed by atoms with E-state index in [9.17, 15) is 13.2 Å². The van der Waals surface area contributed by atoms with Gasteiger partial charge in [0.15, 0.2) is 17.3 Å². The Balaban J connectivity index is 1.40. The van der Waals surface area contributed by atoms with Gasteiger partial charge >= 0.3 is 6.18 Å². The average Bonchev–Trinajstić information content (AvgIpc) is 3.40. The fourth-order valence-electron chi connectivity index (χ4n) is 2.95. The van der Waals surface area contributed by atoms with Crippen LogP contribution in [0.2, 0.25) is 0 Å². The molecule has 13 heteroatoms. The van der Waals surface area contributed by atoms with Gasteiger partial charge in [0.25, 0.3) is 0 Å². The van der Waals surface area contributed by atoms with E-state index in [1.165, 1.54) is 18.6 Å². The number of hydrogen-bond acceptors (Lipinski definition) is 8. The molecule has 0 unspecified atom stereocenters. The van der Waals surface area contributed by atoms with Gasteiger partial charge in [0.05, 0.1) is 30.3 Å². The summed E-state index contributed by atoms with van der Waals surface area (Å²) < 4.78 is 40.1. The lowest BCUT2D eigenvalue weighted by atomic mass is 10.2. The molecule has 0 bridgehead atoms. The van der Waals surface area contributed by atoms with Gasteiger partial charge in [-0.25, -0.2) is 19.5 Å². The highest BCUT2D eigenvalue weighted by molar-refractivity contribution is 5.69. The Hall–Kier alpha value is -3.74. The lowest BCUT2D eigenvalue weighted by Gasteiger charge is -2.16. The van der Waals surface area contributed by atoms with Crippen LogP contribution in [0.1, 0.15) is 5.69 Å². The third kappa shape index (κ3) is 3.42. The van der Waals surface area contributed by atoms with Crippen molar-refractivity contribution in [2.75, 3.05) is 10.4 Å². The number of imidazole rings is 1. The SMILES string of the molecule is FC(F)(F)Cn1cc(-c2cnc3c(n2)N(Cc2ccc4nccn4n2)NN3)cn1. The lowest BCUT2D eigenvalue weighted by Crippen LogP contribution is -2.36. The van der Waals surface area contributed by atoms with Crippen LogP contribution in [0.3, 0.4) is 0 Å². The Morgan fingerprint density at radius 1 is 1.10 bits per heavy atom. The van der Waals surface area contributed by atoms with E-state index in [2.05, 4.69) is 36.1 Å². The van der Waals surface area contributed by atoms with Gasteiger partial charge in [-0.3, -0.25) is 15.1 Å². The summed E-state index contributed by atoms with van der Waals surface area (Å²) in [6.07, 6.45) is 3.16. The molecule has 5 heterocycles. The molecule has 0 aromatic carbocycles. The number of halogens is 3. The van der Waals surface area contributed by atoms with Crippen molar-refractivity contribution in [3.8, 4) is 11.3 Å². The van der Waals surface area contributed by atoms with Gasteiger partial charge < -0.3 is 0 Å². The molecular formula is C16H13F3N10. The molecule has 0 amide bonds. The predicted octanol–water partition coefficient (Wildman–Crippen LogP) is 1.80. The molecule has 2 N–H and O–H groups in total. The van der Waals surface area contributed by atoms with Crippen molar-refractivity contribution < 1.29 is 13.2 Å². The Bertz CT molecular complexity index is 1180. The molecule has 0 aliphatic carbocycles.